The minimum Gasteiger partial charge on any atom is -0.449 e. The quantitative estimate of drug-likeness (QED) is 0.522. The van der Waals surface area contributed by atoms with E-state index in [9.17, 15) is 18.0 Å². The third-order valence-electron chi connectivity index (χ3n) is 3.39. The molecule has 1 rings (SSSR count). The van der Waals surface area contributed by atoms with Crippen molar-refractivity contribution in [3.05, 3.63) is 28.8 Å². The Morgan fingerprint density at radius 3 is 2.42 bits per heavy atom. The average molecular weight is 407 g/mol. The molecule has 0 bridgehead atoms. The van der Waals surface area contributed by atoms with Gasteiger partial charge in [0.25, 0.3) is 15.9 Å². The Hall–Kier alpha value is -1.68. The van der Waals surface area contributed by atoms with Crippen LogP contribution in [0.15, 0.2) is 23.1 Å². The first-order valence-electron chi connectivity index (χ1n) is 7.82. The highest BCUT2D eigenvalue weighted by molar-refractivity contribution is 7.89. The van der Waals surface area contributed by atoms with Crippen LogP contribution in [-0.2, 0) is 24.4 Å². The van der Waals surface area contributed by atoms with Gasteiger partial charge in [0.2, 0.25) is 0 Å². The van der Waals surface area contributed by atoms with E-state index >= 15 is 0 Å². The van der Waals surface area contributed by atoms with E-state index in [1.165, 1.54) is 33.2 Å². The number of nitrogens with one attached hydrogen (secondary N) is 1. The first-order valence-corrected chi connectivity index (χ1v) is 9.63. The minimum absolute atomic E-state index is 0.00353. The highest BCUT2D eigenvalue weighted by atomic mass is 35.5. The van der Waals surface area contributed by atoms with Crippen molar-refractivity contribution in [2.45, 2.75) is 31.8 Å². The smallest absolute Gasteiger partial charge is 0.340 e. The SMILES string of the molecule is CON(C)S(=O)(=O)c1ccc(Cl)c(C(=O)O[C@@H](C)C(=O)NCC(C)C)c1. The van der Waals surface area contributed by atoms with Crippen molar-refractivity contribution in [2.24, 2.45) is 5.92 Å². The summed E-state index contributed by atoms with van der Waals surface area (Å²) in [5.74, 6) is -1.11. The van der Waals surface area contributed by atoms with Crippen LogP contribution in [0.3, 0.4) is 0 Å². The zero-order valence-corrected chi connectivity index (χ0v) is 16.8. The summed E-state index contributed by atoms with van der Waals surface area (Å²) in [4.78, 5) is 28.7. The van der Waals surface area contributed by atoms with Gasteiger partial charge in [0.1, 0.15) is 0 Å². The number of esters is 1. The summed E-state index contributed by atoms with van der Waals surface area (Å²) >= 11 is 5.98. The van der Waals surface area contributed by atoms with Crippen LogP contribution >= 0.6 is 11.6 Å². The monoisotopic (exact) mass is 406 g/mol. The second kappa shape index (κ2) is 9.31. The number of amides is 1. The maximum absolute atomic E-state index is 12.3. The Kier molecular flexibility index (Phi) is 8.01. The lowest BCUT2D eigenvalue weighted by Crippen LogP contribution is -2.37. The number of benzene rings is 1. The summed E-state index contributed by atoms with van der Waals surface area (Å²) in [6.07, 6.45) is -1.06. The molecule has 1 amide bonds. The number of rotatable bonds is 8. The van der Waals surface area contributed by atoms with Crippen LogP contribution in [-0.4, -0.2) is 51.6 Å². The molecule has 10 heteroatoms. The first kappa shape index (κ1) is 22.4. The molecule has 0 saturated carbocycles. The molecule has 0 fully saturated rings. The Bertz CT molecular complexity index is 766. The number of hydrogen-bond acceptors (Lipinski definition) is 6. The van der Waals surface area contributed by atoms with E-state index in [2.05, 4.69) is 10.2 Å². The van der Waals surface area contributed by atoms with E-state index in [0.717, 1.165) is 6.07 Å². The number of hydrogen-bond donors (Lipinski definition) is 1. The first-order chi connectivity index (χ1) is 12.0. The lowest BCUT2D eigenvalue weighted by atomic mass is 10.2. The highest BCUT2D eigenvalue weighted by Crippen LogP contribution is 2.23. The van der Waals surface area contributed by atoms with E-state index in [1.54, 1.807) is 0 Å². The zero-order valence-electron chi connectivity index (χ0n) is 15.3. The van der Waals surface area contributed by atoms with Crippen LogP contribution in [0.1, 0.15) is 31.1 Å². The van der Waals surface area contributed by atoms with E-state index in [1.807, 2.05) is 13.8 Å². The predicted octanol–water partition coefficient (Wildman–Crippen LogP) is 1.84. The summed E-state index contributed by atoms with van der Waals surface area (Å²) < 4.78 is 30.3. The Morgan fingerprint density at radius 2 is 1.88 bits per heavy atom. The number of halogens is 1. The third kappa shape index (κ3) is 5.66. The van der Waals surface area contributed by atoms with Gasteiger partial charge in [0.15, 0.2) is 6.10 Å². The molecule has 0 radical (unpaired) electrons. The molecular formula is C16H23ClN2O6S. The predicted molar refractivity (Wildman–Crippen MR) is 96.1 cm³/mol. The molecule has 146 valence electrons. The molecule has 0 aromatic heterocycles. The molecule has 1 aromatic carbocycles. The second-order valence-electron chi connectivity index (χ2n) is 5.93. The molecular weight excluding hydrogens is 384 g/mol. The van der Waals surface area contributed by atoms with Crippen molar-refractivity contribution >= 4 is 33.5 Å². The minimum atomic E-state index is -3.96. The lowest BCUT2D eigenvalue weighted by molar-refractivity contribution is -0.129. The fourth-order valence-electron chi connectivity index (χ4n) is 1.79. The van der Waals surface area contributed by atoms with Gasteiger partial charge in [-0.1, -0.05) is 29.9 Å². The number of nitrogens with zero attached hydrogens (tertiary/aromatic N) is 1. The van der Waals surface area contributed by atoms with Crippen molar-refractivity contribution in [1.82, 2.24) is 9.79 Å². The maximum atomic E-state index is 12.3. The molecule has 0 aliphatic rings. The Morgan fingerprint density at radius 1 is 1.27 bits per heavy atom. The van der Waals surface area contributed by atoms with Crippen LogP contribution < -0.4 is 5.32 Å². The van der Waals surface area contributed by atoms with Crippen molar-refractivity contribution in [3.63, 3.8) is 0 Å². The standard InChI is InChI=1S/C16H23ClN2O6S/c1-10(2)9-18-15(20)11(3)25-16(21)13-8-12(6-7-14(13)17)26(22,23)19(4)24-5/h6-8,10-11H,9H2,1-5H3,(H,18,20)/t11-/m0/s1. The van der Waals surface area contributed by atoms with Crippen LogP contribution in [0.5, 0.6) is 0 Å². The van der Waals surface area contributed by atoms with Gasteiger partial charge in [-0.15, -0.1) is 0 Å². The fraction of sp³-hybridized carbons (Fsp3) is 0.500. The summed E-state index contributed by atoms with van der Waals surface area (Å²) in [6, 6.07) is 3.58. The molecule has 1 aromatic rings. The molecule has 0 spiro atoms. The highest BCUT2D eigenvalue weighted by Gasteiger charge is 2.25. The van der Waals surface area contributed by atoms with Gasteiger partial charge in [0, 0.05) is 13.6 Å². The van der Waals surface area contributed by atoms with Gasteiger partial charge in [0.05, 0.1) is 22.6 Å². The van der Waals surface area contributed by atoms with Gasteiger partial charge in [-0.2, -0.15) is 0 Å². The van der Waals surface area contributed by atoms with Crippen LogP contribution in [0, 0.1) is 5.92 Å². The summed E-state index contributed by atoms with van der Waals surface area (Å²) in [5, 5.41) is 2.65. The van der Waals surface area contributed by atoms with Gasteiger partial charge < -0.3 is 10.1 Å². The van der Waals surface area contributed by atoms with Crippen molar-refractivity contribution < 1.29 is 27.6 Å². The van der Waals surface area contributed by atoms with Gasteiger partial charge in [-0.3, -0.25) is 9.63 Å². The van der Waals surface area contributed by atoms with E-state index in [-0.39, 0.29) is 21.4 Å². The number of sulfonamides is 1. The van der Waals surface area contributed by atoms with E-state index in [0.29, 0.717) is 11.0 Å². The number of carbonyl (C=O) groups excluding carboxylic acids is 2. The molecule has 0 saturated heterocycles. The van der Waals surface area contributed by atoms with Gasteiger partial charge in [-0.05, 0) is 31.0 Å². The number of ether oxygens (including phenoxy) is 1. The summed E-state index contributed by atoms with van der Waals surface area (Å²) in [6.45, 7) is 5.72. The molecule has 0 heterocycles. The normalized spacial score (nSPS) is 12.9. The Balaban J connectivity index is 2.99. The Labute approximate surface area is 158 Å². The van der Waals surface area contributed by atoms with Gasteiger partial charge in [-0.25, -0.2) is 13.2 Å². The van der Waals surface area contributed by atoms with Crippen LogP contribution in [0.2, 0.25) is 5.02 Å². The average Bonchev–Trinajstić information content (AvgIpc) is 2.58. The lowest BCUT2D eigenvalue weighted by Gasteiger charge is -2.17. The molecule has 0 unspecified atom stereocenters. The number of hydroxylamine groups is 1. The van der Waals surface area contributed by atoms with Crippen LogP contribution in [0.25, 0.3) is 0 Å². The van der Waals surface area contributed by atoms with Crippen molar-refractivity contribution in [2.75, 3.05) is 20.7 Å². The second-order valence-corrected chi connectivity index (χ2v) is 8.27. The van der Waals surface area contributed by atoms with Crippen molar-refractivity contribution in [1.29, 1.82) is 0 Å². The number of carbonyl (C=O) groups is 2. The maximum Gasteiger partial charge on any atom is 0.340 e. The topological polar surface area (TPSA) is 102 Å². The molecule has 26 heavy (non-hydrogen) atoms. The van der Waals surface area contributed by atoms with Crippen molar-refractivity contribution in [3.8, 4) is 0 Å². The van der Waals surface area contributed by atoms with E-state index in [4.69, 9.17) is 16.3 Å². The van der Waals surface area contributed by atoms with E-state index < -0.39 is 28.0 Å². The fourth-order valence-corrected chi connectivity index (χ4v) is 2.99. The summed E-state index contributed by atoms with van der Waals surface area (Å²) in [7, 11) is -1.55. The molecule has 8 nitrogen and oxygen atoms in total. The molecule has 0 aliphatic carbocycles. The largest absolute Gasteiger partial charge is 0.449 e. The van der Waals surface area contributed by atoms with Crippen LogP contribution in [0.4, 0.5) is 0 Å². The molecule has 0 aliphatic heterocycles. The third-order valence-corrected chi connectivity index (χ3v) is 5.39. The molecule has 1 atom stereocenters. The summed E-state index contributed by atoms with van der Waals surface area (Å²) in [5.41, 5.74) is -0.166. The zero-order chi connectivity index (χ0) is 20.1. The molecule has 1 N–H and O–H groups in total. The van der Waals surface area contributed by atoms with Gasteiger partial charge >= 0.3 is 5.97 Å².